The first kappa shape index (κ1) is 20.1. The van der Waals surface area contributed by atoms with Gasteiger partial charge in [0.25, 0.3) is 0 Å². The van der Waals surface area contributed by atoms with E-state index in [0.29, 0.717) is 0 Å². The lowest BCUT2D eigenvalue weighted by Crippen LogP contribution is -2.28. The van der Waals surface area contributed by atoms with E-state index >= 15 is 0 Å². The third-order valence-electron chi connectivity index (χ3n) is 3.53. The minimum atomic E-state index is -4.59. The van der Waals surface area contributed by atoms with Gasteiger partial charge in [-0.2, -0.15) is 18.3 Å². The van der Waals surface area contributed by atoms with Gasteiger partial charge in [-0.25, -0.2) is 0 Å². The van der Waals surface area contributed by atoms with Gasteiger partial charge in [-0.3, -0.25) is 9.59 Å². The lowest BCUT2D eigenvalue weighted by Gasteiger charge is -2.14. The fourth-order valence-corrected chi connectivity index (χ4v) is 3.80. The molecule has 1 unspecified atom stereocenters. The van der Waals surface area contributed by atoms with Crippen LogP contribution in [0.4, 0.5) is 18.9 Å². The van der Waals surface area contributed by atoms with Crippen molar-refractivity contribution in [3.63, 3.8) is 0 Å². The van der Waals surface area contributed by atoms with Gasteiger partial charge in [0.1, 0.15) is 5.25 Å². The molecule has 2 amide bonds. The molecule has 1 saturated heterocycles. The van der Waals surface area contributed by atoms with Crippen LogP contribution in [0.2, 0.25) is 0 Å². The lowest BCUT2D eigenvalue weighted by atomic mass is 10.1. The number of hydrogen-bond acceptors (Lipinski definition) is 6. The van der Waals surface area contributed by atoms with Gasteiger partial charge in [0.15, 0.2) is 5.17 Å². The number of nitrogens with zero attached hydrogens (tertiary/aromatic N) is 2. The van der Waals surface area contributed by atoms with E-state index in [-0.39, 0.29) is 17.3 Å². The first-order valence-corrected chi connectivity index (χ1v) is 9.67. The second-order valence-electron chi connectivity index (χ2n) is 5.56. The third-order valence-corrected chi connectivity index (χ3v) is 5.41. The highest BCUT2D eigenvalue weighted by Gasteiger charge is 2.35. The number of benzene rings is 1. The van der Waals surface area contributed by atoms with Crippen molar-refractivity contribution in [1.29, 1.82) is 0 Å². The van der Waals surface area contributed by atoms with Crippen molar-refractivity contribution in [2.75, 3.05) is 5.32 Å². The summed E-state index contributed by atoms with van der Waals surface area (Å²) in [5, 5.41) is 13.8. The molecule has 0 aliphatic carbocycles. The maximum Gasteiger partial charge on any atom is 0.418 e. The van der Waals surface area contributed by atoms with E-state index in [1.807, 2.05) is 17.5 Å². The van der Waals surface area contributed by atoms with Gasteiger partial charge in [0.05, 0.1) is 17.5 Å². The Hall–Kier alpha value is -2.66. The average molecular weight is 426 g/mol. The number of alkyl halides is 3. The molecule has 1 aromatic carbocycles. The second kappa shape index (κ2) is 8.57. The second-order valence-corrected chi connectivity index (χ2v) is 7.73. The highest BCUT2D eigenvalue weighted by Crippen LogP contribution is 2.34. The predicted molar refractivity (Wildman–Crippen MR) is 104 cm³/mol. The number of para-hydroxylation sites is 1. The fourth-order valence-electron chi connectivity index (χ4n) is 2.30. The highest BCUT2D eigenvalue weighted by atomic mass is 32.2. The molecule has 3 rings (SSSR count). The molecule has 1 fully saturated rings. The molecule has 0 bridgehead atoms. The topological polar surface area (TPSA) is 82.9 Å². The standard InChI is InChI=1S/C17H13F3N4O2S2/c18-17(19,20)11-5-1-2-6-12(11)22-14(25)8-13-15(26)23-16(28-13)24-21-9-10-4-3-7-27-10/h1-7,9,13H,8H2,(H,22,25)(H,23,24,26)/b21-9+. The van der Waals surface area contributed by atoms with Crippen LogP contribution in [-0.2, 0) is 15.8 Å². The molecule has 0 saturated carbocycles. The average Bonchev–Trinajstić information content (AvgIpc) is 3.25. The number of hydrogen-bond donors (Lipinski definition) is 2. The Balaban J connectivity index is 1.60. The maximum atomic E-state index is 13.0. The number of halogens is 3. The van der Waals surface area contributed by atoms with Crippen molar-refractivity contribution in [1.82, 2.24) is 5.32 Å². The molecule has 2 aromatic rings. The van der Waals surface area contributed by atoms with Crippen molar-refractivity contribution >= 4 is 52.0 Å². The van der Waals surface area contributed by atoms with E-state index in [9.17, 15) is 22.8 Å². The summed E-state index contributed by atoms with van der Waals surface area (Å²) in [5.41, 5.74) is -1.30. The molecule has 6 nitrogen and oxygen atoms in total. The zero-order valence-corrected chi connectivity index (χ0v) is 15.7. The van der Waals surface area contributed by atoms with Crippen molar-refractivity contribution in [2.24, 2.45) is 10.2 Å². The van der Waals surface area contributed by atoms with E-state index in [1.54, 1.807) is 0 Å². The third kappa shape index (κ3) is 5.20. The number of amidine groups is 1. The molecule has 1 aliphatic heterocycles. The van der Waals surface area contributed by atoms with Gasteiger partial charge >= 0.3 is 6.18 Å². The van der Waals surface area contributed by atoms with E-state index in [4.69, 9.17) is 0 Å². The van der Waals surface area contributed by atoms with Crippen LogP contribution in [0.25, 0.3) is 0 Å². The van der Waals surface area contributed by atoms with E-state index in [2.05, 4.69) is 20.8 Å². The molecule has 1 atom stereocenters. The van der Waals surface area contributed by atoms with Gasteiger partial charge in [-0.05, 0) is 23.6 Å². The Morgan fingerprint density at radius 2 is 2.04 bits per heavy atom. The molecule has 0 radical (unpaired) electrons. The molecule has 11 heteroatoms. The molecular formula is C17H13F3N4O2S2. The van der Waals surface area contributed by atoms with Crippen LogP contribution in [-0.4, -0.2) is 28.4 Å². The molecule has 2 N–H and O–H groups in total. The van der Waals surface area contributed by atoms with Crippen LogP contribution in [0, 0.1) is 0 Å². The summed E-state index contributed by atoms with van der Waals surface area (Å²) >= 11 is 2.47. The van der Waals surface area contributed by atoms with Crippen molar-refractivity contribution in [2.45, 2.75) is 17.8 Å². The molecule has 1 aromatic heterocycles. The zero-order valence-electron chi connectivity index (χ0n) is 14.1. The van der Waals surface area contributed by atoms with Crippen LogP contribution in [0.5, 0.6) is 0 Å². The number of nitrogens with one attached hydrogen (secondary N) is 2. The van der Waals surface area contributed by atoms with Crippen LogP contribution in [0.3, 0.4) is 0 Å². The predicted octanol–water partition coefficient (Wildman–Crippen LogP) is 3.72. The Morgan fingerprint density at radius 3 is 2.75 bits per heavy atom. The number of thiophene rings is 1. The lowest BCUT2D eigenvalue weighted by molar-refractivity contribution is -0.137. The Bertz CT molecular complexity index is 927. The monoisotopic (exact) mass is 426 g/mol. The number of rotatable bonds is 5. The highest BCUT2D eigenvalue weighted by molar-refractivity contribution is 8.15. The Kier molecular flexibility index (Phi) is 6.15. The first-order chi connectivity index (χ1) is 13.3. The molecule has 146 valence electrons. The summed E-state index contributed by atoms with van der Waals surface area (Å²) in [7, 11) is 0. The SMILES string of the molecule is O=C(CC1S/C(=N\N=C\c2cccs2)NC1=O)Nc1ccccc1C(F)(F)F. The Labute approximate surface area is 165 Å². The van der Waals surface area contributed by atoms with Gasteiger partial charge < -0.3 is 10.6 Å². The normalized spacial score (nSPS) is 18.6. The smallest absolute Gasteiger partial charge is 0.325 e. The summed E-state index contributed by atoms with van der Waals surface area (Å²) in [6.45, 7) is 0. The quantitative estimate of drug-likeness (QED) is 0.565. The van der Waals surface area contributed by atoms with Crippen molar-refractivity contribution in [3.05, 3.63) is 52.2 Å². The fraction of sp³-hybridized carbons (Fsp3) is 0.176. The van der Waals surface area contributed by atoms with Crippen LogP contribution >= 0.6 is 23.1 Å². The van der Waals surface area contributed by atoms with E-state index < -0.39 is 28.8 Å². The first-order valence-electron chi connectivity index (χ1n) is 7.91. The minimum Gasteiger partial charge on any atom is -0.325 e. The van der Waals surface area contributed by atoms with E-state index in [1.165, 1.54) is 29.7 Å². The molecular weight excluding hydrogens is 413 g/mol. The number of carbonyl (C=O) groups is 2. The van der Waals surface area contributed by atoms with Gasteiger partial charge in [0.2, 0.25) is 11.8 Å². The number of amides is 2. The van der Waals surface area contributed by atoms with Gasteiger partial charge in [-0.1, -0.05) is 30.0 Å². The summed E-state index contributed by atoms with van der Waals surface area (Å²) < 4.78 is 39.0. The summed E-state index contributed by atoms with van der Waals surface area (Å²) in [6.07, 6.45) is -3.36. The molecule has 28 heavy (non-hydrogen) atoms. The number of thioether (sulfide) groups is 1. The largest absolute Gasteiger partial charge is 0.418 e. The van der Waals surface area contributed by atoms with Crippen molar-refractivity contribution < 1.29 is 22.8 Å². The van der Waals surface area contributed by atoms with Crippen molar-refractivity contribution in [3.8, 4) is 0 Å². The minimum absolute atomic E-state index is 0.228. The zero-order chi connectivity index (χ0) is 20.1. The molecule has 1 aliphatic rings. The number of carbonyl (C=O) groups excluding carboxylic acids is 2. The maximum absolute atomic E-state index is 13.0. The van der Waals surface area contributed by atoms with Gasteiger partial charge in [0, 0.05) is 11.3 Å². The van der Waals surface area contributed by atoms with E-state index in [0.717, 1.165) is 28.8 Å². The van der Waals surface area contributed by atoms with Crippen LogP contribution in [0.1, 0.15) is 16.9 Å². The molecule has 2 heterocycles. The van der Waals surface area contributed by atoms with Crippen LogP contribution in [0.15, 0.2) is 52.0 Å². The summed E-state index contributed by atoms with van der Waals surface area (Å²) in [4.78, 5) is 25.0. The van der Waals surface area contributed by atoms with Gasteiger partial charge in [-0.15, -0.1) is 16.4 Å². The molecule has 0 spiro atoms. The summed E-state index contributed by atoms with van der Waals surface area (Å²) in [6, 6.07) is 8.37. The summed E-state index contributed by atoms with van der Waals surface area (Å²) in [5.74, 6) is -1.15. The van der Waals surface area contributed by atoms with Crippen LogP contribution < -0.4 is 10.6 Å². The Morgan fingerprint density at radius 1 is 1.25 bits per heavy atom. The number of anilines is 1.